The Morgan fingerprint density at radius 3 is 2.31 bits per heavy atom. The summed E-state index contributed by atoms with van der Waals surface area (Å²) in [5.74, 6) is 0.785. The molecular weight excluding hydrogens is 314 g/mol. The van der Waals surface area contributed by atoms with Gasteiger partial charge >= 0.3 is 0 Å². The first-order chi connectivity index (χ1) is 12.8. The van der Waals surface area contributed by atoms with Crippen molar-refractivity contribution in [2.75, 3.05) is 11.9 Å². The number of anilines is 1. The van der Waals surface area contributed by atoms with Crippen molar-refractivity contribution in [1.82, 2.24) is 0 Å². The summed E-state index contributed by atoms with van der Waals surface area (Å²) in [6.07, 6.45) is 8.05. The maximum Gasteiger partial charge on any atom is 0.0446 e. The quantitative estimate of drug-likeness (QED) is 0.513. The van der Waals surface area contributed by atoms with Crippen molar-refractivity contribution in [3.63, 3.8) is 0 Å². The van der Waals surface area contributed by atoms with Crippen molar-refractivity contribution in [2.45, 2.75) is 44.6 Å². The van der Waals surface area contributed by atoms with E-state index in [-0.39, 0.29) is 0 Å². The minimum atomic E-state index is 0.559. The molecule has 3 aromatic rings. The molecule has 1 atom stereocenters. The van der Waals surface area contributed by atoms with E-state index in [0.717, 1.165) is 12.3 Å². The van der Waals surface area contributed by atoms with Crippen molar-refractivity contribution >= 4 is 16.5 Å². The van der Waals surface area contributed by atoms with E-state index in [2.05, 4.69) is 84.7 Å². The second kappa shape index (κ2) is 7.95. The minimum absolute atomic E-state index is 0.559. The van der Waals surface area contributed by atoms with Crippen LogP contribution in [0.5, 0.6) is 0 Å². The third kappa shape index (κ3) is 3.62. The normalized spacial score (nSPS) is 16.5. The van der Waals surface area contributed by atoms with Gasteiger partial charge in [0.05, 0.1) is 0 Å². The SMILES string of the molecule is CN(c1cccc2ccccc12)C(Cc1ccccc1)C1CCCCC1. The van der Waals surface area contributed by atoms with Gasteiger partial charge in [0.15, 0.2) is 0 Å². The molecule has 134 valence electrons. The van der Waals surface area contributed by atoms with Gasteiger partial charge in [-0.2, -0.15) is 0 Å². The molecular formula is C25H29N. The van der Waals surface area contributed by atoms with Crippen LogP contribution in [0.15, 0.2) is 72.8 Å². The molecule has 1 fully saturated rings. The van der Waals surface area contributed by atoms with Crippen molar-refractivity contribution in [3.8, 4) is 0 Å². The Bertz CT molecular complexity index is 828. The van der Waals surface area contributed by atoms with Crippen LogP contribution in [0.25, 0.3) is 10.8 Å². The maximum absolute atomic E-state index is 2.57. The number of benzene rings is 3. The van der Waals surface area contributed by atoms with Crippen LogP contribution < -0.4 is 4.90 Å². The second-order valence-corrected chi connectivity index (χ2v) is 7.76. The van der Waals surface area contributed by atoms with Crippen LogP contribution in [0.3, 0.4) is 0 Å². The summed E-state index contributed by atoms with van der Waals surface area (Å²) in [5.41, 5.74) is 2.82. The lowest BCUT2D eigenvalue weighted by molar-refractivity contribution is 0.297. The van der Waals surface area contributed by atoms with Gasteiger partial charge in [0.1, 0.15) is 0 Å². The Hall–Kier alpha value is -2.28. The van der Waals surface area contributed by atoms with Crippen molar-refractivity contribution in [1.29, 1.82) is 0 Å². The average Bonchev–Trinajstić information content (AvgIpc) is 2.72. The van der Waals surface area contributed by atoms with Gasteiger partial charge in [0.2, 0.25) is 0 Å². The summed E-state index contributed by atoms with van der Waals surface area (Å²) in [6.45, 7) is 0. The zero-order chi connectivity index (χ0) is 17.8. The molecule has 0 amide bonds. The molecule has 0 aliphatic heterocycles. The third-order valence-corrected chi connectivity index (χ3v) is 6.13. The van der Waals surface area contributed by atoms with Crippen LogP contribution in [0, 0.1) is 5.92 Å². The smallest absolute Gasteiger partial charge is 0.0446 e. The molecule has 3 aromatic carbocycles. The highest BCUT2D eigenvalue weighted by atomic mass is 15.1. The molecule has 1 aliphatic carbocycles. The molecule has 1 unspecified atom stereocenters. The van der Waals surface area contributed by atoms with E-state index in [9.17, 15) is 0 Å². The van der Waals surface area contributed by atoms with Crippen LogP contribution in [-0.4, -0.2) is 13.1 Å². The molecule has 0 radical (unpaired) electrons. The molecule has 0 N–H and O–H groups in total. The summed E-state index contributed by atoms with van der Waals surface area (Å²) in [5, 5.41) is 2.70. The van der Waals surface area contributed by atoms with E-state index < -0.39 is 0 Å². The van der Waals surface area contributed by atoms with Gasteiger partial charge in [0.25, 0.3) is 0 Å². The van der Waals surface area contributed by atoms with Gasteiger partial charge in [-0.05, 0) is 42.2 Å². The Labute approximate surface area is 157 Å². The van der Waals surface area contributed by atoms with E-state index in [0.29, 0.717) is 6.04 Å². The first-order valence-electron chi connectivity index (χ1n) is 10.1. The summed E-state index contributed by atoms with van der Waals surface area (Å²) >= 11 is 0. The maximum atomic E-state index is 2.57. The molecule has 1 saturated carbocycles. The molecule has 26 heavy (non-hydrogen) atoms. The van der Waals surface area contributed by atoms with Crippen molar-refractivity contribution < 1.29 is 0 Å². The van der Waals surface area contributed by atoms with Gasteiger partial charge in [-0.15, -0.1) is 0 Å². The number of fused-ring (bicyclic) bond motifs is 1. The van der Waals surface area contributed by atoms with Crippen LogP contribution in [0.1, 0.15) is 37.7 Å². The molecule has 0 bridgehead atoms. The molecule has 0 aromatic heterocycles. The van der Waals surface area contributed by atoms with E-state index in [1.54, 1.807) is 0 Å². The zero-order valence-corrected chi connectivity index (χ0v) is 15.8. The van der Waals surface area contributed by atoms with Gasteiger partial charge in [0, 0.05) is 24.2 Å². The Kier molecular flexibility index (Phi) is 5.24. The highest BCUT2D eigenvalue weighted by Gasteiger charge is 2.28. The number of hydrogen-bond acceptors (Lipinski definition) is 1. The van der Waals surface area contributed by atoms with Gasteiger partial charge in [-0.1, -0.05) is 86.0 Å². The van der Waals surface area contributed by atoms with Crippen molar-refractivity contribution in [2.24, 2.45) is 5.92 Å². The Balaban J connectivity index is 1.69. The van der Waals surface area contributed by atoms with E-state index in [1.807, 2.05) is 0 Å². The van der Waals surface area contributed by atoms with Crippen molar-refractivity contribution in [3.05, 3.63) is 78.4 Å². The van der Waals surface area contributed by atoms with Gasteiger partial charge in [-0.3, -0.25) is 0 Å². The number of nitrogens with zero attached hydrogens (tertiary/aromatic N) is 1. The second-order valence-electron chi connectivity index (χ2n) is 7.76. The topological polar surface area (TPSA) is 3.24 Å². The molecule has 4 rings (SSSR count). The number of rotatable bonds is 5. The lowest BCUT2D eigenvalue weighted by atomic mass is 9.80. The fourth-order valence-electron chi connectivity index (χ4n) is 4.69. The molecule has 1 nitrogen and oxygen atoms in total. The largest absolute Gasteiger partial charge is 0.370 e. The lowest BCUT2D eigenvalue weighted by Gasteiger charge is -2.39. The predicted molar refractivity (Wildman–Crippen MR) is 113 cm³/mol. The Morgan fingerprint density at radius 1 is 0.808 bits per heavy atom. The molecule has 0 heterocycles. The summed E-state index contributed by atoms with van der Waals surface area (Å²) in [4.78, 5) is 2.57. The van der Waals surface area contributed by atoms with Crippen LogP contribution in [-0.2, 0) is 6.42 Å². The highest BCUT2D eigenvalue weighted by Crippen LogP contribution is 2.35. The third-order valence-electron chi connectivity index (χ3n) is 6.13. The zero-order valence-electron chi connectivity index (χ0n) is 15.8. The number of likely N-dealkylation sites (N-methyl/N-ethyl adjacent to an activating group) is 1. The lowest BCUT2D eigenvalue weighted by Crippen LogP contribution is -2.40. The standard InChI is InChI=1S/C25H29N/c1-26(24-18-10-16-21-13-8-9-17-23(21)24)25(22-14-6-3-7-15-22)19-20-11-4-2-5-12-20/h2,4-5,8-13,16-18,22,25H,3,6-7,14-15,19H2,1H3. The monoisotopic (exact) mass is 343 g/mol. The fourth-order valence-corrected chi connectivity index (χ4v) is 4.69. The fraction of sp³-hybridized carbons (Fsp3) is 0.360. The minimum Gasteiger partial charge on any atom is -0.370 e. The van der Waals surface area contributed by atoms with Gasteiger partial charge in [-0.25, -0.2) is 0 Å². The number of hydrogen-bond donors (Lipinski definition) is 0. The van der Waals surface area contributed by atoms with Gasteiger partial charge < -0.3 is 4.90 Å². The Morgan fingerprint density at radius 2 is 1.50 bits per heavy atom. The summed E-state index contributed by atoms with van der Waals surface area (Å²) < 4.78 is 0. The van der Waals surface area contributed by atoms with E-state index >= 15 is 0 Å². The predicted octanol–water partition coefficient (Wildman–Crippen LogP) is 6.47. The first kappa shape index (κ1) is 17.1. The van der Waals surface area contributed by atoms with E-state index in [4.69, 9.17) is 0 Å². The van der Waals surface area contributed by atoms with Crippen LogP contribution in [0.2, 0.25) is 0 Å². The molecule has 0 saturated heterocycles. The van der Waals surface area contributed by atoms with Crippen LogP contribution in [0.4, 0.5) is 5.69 Å². The average molecular weight is 344 g/mol. The first-order valence-corrected chi connectivity index (χ1v) is 10.1. The molecule has 0 spiro atoms. The summed E-state index contributed by atoms with van der Waals surface area (Å²) in [7, 11) is 2.31. The molecule has 1 aliphatic rings. The van der Waals surface area contributed by atoms with Crippen LogP contribution >= 0.6 is 0 Å². The molecule has 1 heteroatoms. The van der Waals surface area contributed by atoms with E-state index in [1.165, 1.54) is 54.1 Å². The highest BCUT2D eigenvalue weighted by molar-refractivity contribution is 5.94. The summed E-state index contributed by atoms with van der Waals surface area (Å²) in [6, 6.07) is 27.1.